The van der Waals surface area contributed by atoms with Gasteiger partial charge in [-0.05, 0) is 36.4 Å². The number of benzene rings is 6. The topological polar surface area (TPSA) is 54.0 Å². The minimum Gasteiger partial charge on any atom is -0.442 e. The van der Waals surface area contributed by atoms with Crippen LogP contribution in [0.15, 0.2) is 140 Å². The van der Waals surface area contributed by atoms with E-state index >= 15 is 0 Å². The van der Waals surface area contributed by atoms with E-state index < -0.39 is 201 Å². The summed E-state index contributed by atoms with van der Waals surface area (Å²) in [6.45, 7) is 0.302. The van der Waals surface area contributed by atoms with E-state index in [2.05, 4.69) is 0 Å². The van der Waals surface area contributed by atoms with Crippen molar-refractivity contribution in [3.63, 3.8) is 0 Å². The van der Waals surface area contributed by atoms with Crippen LogP contribution in [0.2, 0.25) is 0 Å². The monoisotopic (exact) mass is 1170 g/mol. The Balaban J connectivity index is 0.000000370. The molecule has 0 aliphatic heterocycles. The van der Waals surface area contributed by atoms with Crippen LogP contribution < -0.4 is 26.4 Å². The molecule has 7 aromatic rings. The van der Waals surface area contributed by atoms with Crippen molar-refractivity contribution in [3.05, 3.63) is 195 Å². The highest BCUT2D eigenvalue weighted by atomic mass is 19.4. The summed E-state index contributed by atoms with van der Waals surface area (Å²) >= 11 is 0. The zero-order valence-corrected chi connectivity index (χ0v) is 39.1. The smallest absolute Gasteiger partial charge is 0.416 e. The molecule has 80 heavy (non-hydrogen) atoms. The van der Waals surface area contributed by atoms with E-state index in [9.17, 15) is 110 Å². The molecule has 0 unspecified atom stereocenters. The quantitative estimate of drug-likeness (QED) is 0.0659. The first kappa shape index (κ1) is 61.3. The lowest BCUT2D eigenvalue weighted by molar-refractivity contribution is -0.665. The van der Waals surface area contributed by atoms with Crippen LogP contribution in [0.5, 0.6) is 0 Å². The van der Waals surface area contributed by atoms with Crippen molar-refractivity contribution in [2.45, 2.75) is 56.0 Å². The van der Waals surface area contributed by atoms with Crippen molar-refractivity contribution in [1.29, 1.82) is 5.26 Å². The summed E-state index contributed by atoms with van der Waals surface area (Å²) in [7, 11) is 0. The molecule has 0 aliphatic rings. The van der Waals surface area contributed by atoms with Crippen molar-refractivity contribution in [3.8, 4) is 6.07 Å². The Bertz CT molecular complexity index is 3020. The van der Waals surface area contributed by atoms with Crippen LogP contribution in [0.4, 0.5) is 105 Å². The maximum atomic E-state index is 14.2. The summed E-state index contributed by atoms with van der Waals surface area (Å²) in [5, 5.41) is 9.65. The number of ether oxygens (including phenoxy) is 1. The third-order valence-electron chi connectivity index (χ3n) is 12.0. The van der Waals surface area contributed by atoms with Gasteiger partial charge in [-0.15, -0.1) is 0 Å². The molecule has 6 aromatic carbocycles. The Morgan fingerprint density at radius 2 is 0.688 bits per heavy atom. The Labute approximate surface area is 433 Å². The first-order chi connectivity index (χ1) is 36.6. The first-order valence-electron chi connectivity index (χ1n) is 21.9. The van der Waals surface area contributed by atoms with E-state index in [0.29, 0.717) is 12.2 Å². The summed E-state index contributed by atoms with van der Waals surface area (Å²) < 4.78 is 348. The minimum atomic E-state index is -6.13. The highest BCUT2D eigenvalue weighted by molar-refractivity contribution is 7.20. The van der Waals surface area contributed by atoms with Gasteiger partial charge in [0.25, 0.3) is 5.69 Å². The van der Waals surface area contributed by atoms with E-state index in [1.54, 1.807) is 6.07 Å². The number of alkyl halides is 24. The molecular weight excluding hydrogens is 1140 g/mol. The molecule has 0 amide bonds. The fraction of sp³-hybridized carbons (Fsp3) is 0.196. The number of aromatic nitrogens is 1. The number of hydrogen-bond acceptors (Lipinski definition) is 3. The van der Waals surface area contributed by atoms with Crippen LogP contribution in [0.3, 0.4) is 0 Å². The number of hydrogen-bond donors (Lipinski definition) is 0. The van der Waals surface area contributed by atoms with Crippen LogP contribution in [0.25, 0.3) is 10.9 Å². The van der Waals surface area contributed by atoms with Gasteiger partial charge >= 0.3 is 55.4 Å². The Hall–Kier alpha value is -7.93. The third-order valence-corrected chi connectivity index (χ3v) is 12.0. The van der Waals surface area contributed by atoms with Gasteiger partial charge in [0.1, 0.15) is 12.2 Å². The third kappa shape index (κ3) is 13.7. The lowest BCUT2D eigenvalue weighted by Gasteiger charge is -2.46. The van der Waals surface area contributed by atoms with E-state index in [0.717, 1.165) is 16.5 Å². The Kier molecular flexibility index (Phi) is 16.6. The molecule has 7 rings (SSSR count). The molecule has 0 spiro atoms. The van der Waals surface area contributed by atoms with Crippen molar-refractivity contribution in [1.82, 2.24) is 0 Å². The predicted octanol–water partition coefficient (Wildman–Crippen LogP) is 14.1. The summed E-state index contributed by atoms with van der Waals surface area (Å²) in [5.74, 6) is -0.492. The number of carbonyl (C=O) groups excluding carboxylic acids is 1. The molecule has 0 N–H and O–H groups in total. The molecule has 0 saturated carbocycles. The zero-order chi connectivity index (χ0) is 60.0. The summed E-state index contributed by atoms with van der Waals surface area (Å²) in [5.41, 5.74) is -27.7. The van der Waals surface area contributed by atoms with Gasteiger partial charge in [-0.1, -0.05) is 91.0 Å². The standard InChI is InChI=1S/C32H12BF24.C19H15N2O2/c34-25(35,36)13-1-14(26(37,38)39)6-21(5-13)33(22-7-15(27(40,41)42)2-16(8-22)28(43,44)45,23-9-17(29(46,47)48)3-18(10-23)30(49,50)51)24-11-19(31(52,53)54)4-20(12-24)32(55,56)57;20-12-13-23-19(22)18-11-10-16-8-4-5-9-17(16)21(18)14-15-6-2-1-3-7-15/h1-12H;1-11H,13-14H2/q-1;+1. The van der Waals surface area contributed by atoms with E-state index in [1.807, 2.05) is 71.3 Å². The second-order valence-corrected chi connectivity index (χ2v) is 17.3. The normalized spacial score (nSPS) is 13.1. The average Bonchev–Trinajstić information content (AvgIpc) is 3.34. The Morgan fingerprint density at radius 1 is 0.400 bits per heavy atom. The van der Waals surface area contributed by atoms with Crippen LogP contribution in [-0.4, -0.2) is 18.7 Å². The molecule has 29 heteroatoms. The average molecular weight is 1170 g/mol. The van der Waals surface area contributed by atoms with E-state index in [4.69, 9.17) is 10.00 Å². The zero-order valence-electron chi connectivity index (χ0n) is 39.1. The predicted molar refractivity (Wildman–Crippen MR) is 236 cm³/mol. The molecular formula is C51H27BF24N2O2. The largest absolute Gasteiger partial charge is 0.442 e. The summed E-state index contributed by atoms with van der Waals surface area (Å²) in [6.07, 6.45) is -54.8. The number of esters is 1. The van der Waals surface area contributed by atoms with Gasteiger partial charge in [0, 0.05) is 23.1 Å². The molecule has 0 saturated heterocycles. The molecule has 424 valence electrons. The molecule has 4 nitrogen and oxygen atoms in total. The number of nitriles is 1. The van der Waals surface area contributed by atoms with Crippen molar-refractivity contribution >= 4 is 44.9 Å². The summed E-state index contributed by atoms with van der Waals surface area (Å²) in [6, 6.07) is 14.4. The van der Waals surface area contributed by atoms with Crippen molar-refractivity contribution in [2.75, 3.05) is 6.61 Å². The van der Waals surface area contributed by atoms with Crippen LogP contribution in [-0.2, 0) is 60.7 Å². The number of pyridine rings is 1. The number of carbonyl (C=O) groups is 1. The van der Waals surface area contributed by atoms with Gasteiger partial charge in [0.2, 0.25) is 5.52 Å². The number of nitrogens with zero attached hydrogens (tertiary/aromatic N) is 2. The fourth-order valence-electron chi connectivity index (χ4n) is 8.62. The van der Waals surface area contributed by atoms with Gasteiger partial charge in [0.05, 0.1) is 44.5 Å². The highest BCUT2D eigenvalue weighted by Crippen LogP contribution is 2.41. The van der Waals surface area contributed by atoms with Gasteiger partial charge in [-0.2, -0.15) is 137 Å². The van der Waals surface area contributed by atoms with Gasteiger partial charge in [-0.3, -0.25) is 0 Å². The maximum absolute atomic E-state index is 14.2. The number of halogens is 24. The lowest BCUT2D eigenvalue weighted by Crippen LogP contribution is -2.75. The maximum Gasteiger partial charge on any atom is 0.416 e. The number of rotatable bonds is 8. The second kappa shape index (κ2) is 21.6. The van der Waals surface area contributed by atoms with Crippen LogP contribution >= 0.6 is 0 Å². The number of para-hydroxylation sites is 1. The summed E-state index contributed by atoms with van der Waals surface area (Å²) in [4.78, 5) is 12.3. The van der Waals surface area contributed by atoms with Crippen LogP contribution in [0, 0.1) is 11.3 Å². The number of fused-ring (bicyclic) bond motifs is 1. The molecule has 0 radical (unpaired) electrons. The van der Waals surface area contributed by atoms with Crippen molar-refractivity contribution < 1.29 is 119 Å². The van der Waals surface area contributed by atoms with Gasteiger partial charge in [0.15, 0.2) is 13.2 Å². The van der Waals surface area contributed by atoms with Gasteiger partial charge in [-0.25, -0.2) is 4.79 Å². The Morgan fingerprint density at radius 3 is 0.975 bits per heavy atom. The van der Waals surface area contributed by atoms with E-state index in [-0.39, 0.29) is 6.61 Å². The minimum absolute atomic E-state index is 0.253. The highest BCUT2D eigenvalue weighted by Gasteiger charge is 2.47. The van der Waals surface area contributed by atoms with E-state index in [1.165, 1.54) is 0 Å². The molecule has 0 aliphatic carbocycles. The van der Waals surface area contributed by atoms with Crippen LogP contribution in [0.1, 0.15) is 60.6 Å². The molecule has 1 aromatic heterocycles. The fourth-order valence-corrected chi connectivity index (χ4v) is 8.62. The van der Waals surface area contributed by atoms with Gasteiger partial charge < -0.3 is 4.74 Å². The lowest BCUT2D eigenvalue weighted by atomic mass is 9.12. The first-order valence-corrected chi connectivity index (χ1v) is 21.9. The molecule has 0 atom stereocenters. The van der Waals surface area contributed by atoms with Crippen molar-refractivity contribution in [2.24, 2.45) is 0 Å². The second-order valence-electron chi connectivity index (χ2n) is 17.3. The SMILES string of the molecule is FC(F)(F)c1cc([B-](c2cc(C(F)(F)F)cc(C(F)(F)F)c2)(c2cc(C(F)(F)F)cc(C(F)(F)F)c2)c2cc(C(F)(F)F)cc(C(F)(F)F)c2)cc(C(F)(F)F)c1.N#CCOC(=O)c1ccc2ccccc2[n+]1Cc1ccccc1. The molecule has 1 heterocycles. The molecule has 0 bridgehead atoms. The molecule has 0 fully saturated rings.